The Morgan fingerprint density at radius 2 is 1.88 bits per heavy atom. The molecule has 0 aliphatic heterocycles. The molecule has 0 saturated carbocycles. The molecule has 0 atom stereocenters. The molecule has 0 aromatic carbocycles. The largest absolute Gasteiger partial charge is 3.00 e. The normalized spacial score (nSPS) is 10.2. The minimum absolute atomic E-state index is 0. The molecule has 4 nitrogen and oxygen atoms in total. The van der Waals surface area contributed by atoms with Crippen molar-refractivity contribution in [2.75, 3.05) is 12.3 Å². The molecule has 0 fully saturated rings. The molecule has 0 aromatic heterocycles. The van der Waals surface area contributed by atoms with E-state index in [1.54, 1.807) is 0 Å². The summed E-state index contributed by atoms with van der Waals surface area (Å²) in [6.45, 7) is -0.0289. The average molecular weight is 177 g/mol. The predicted molar refractivity (Wildman–Crippen MR) is 25.5 cm³/mol. The fourth-order valence-corrected chi connectivity index (χ4v) is 0.447. The van der Waals surface area contributed by atoms with Gasteiger partial charge < -0.3 is 5.73 Å². The SMILES string of the molecule is NCCS(=O)(=O)O.[Cr+3]. The molecular weight excluding hydrogens is 170 g/mol. The summed E-state index contributed by atoms with van der Waals surface area (Å²) in [5, 5.41) is 0. The molecule has 0 rings (SSSR count). The van der Waals surface area contributed by atoms with E-state index in [-0.39, 0.29) is 29.7 Å². The Kier molecular flexibility index (Phi) is 6.03. The monoisotopic (exact) mass is 177 g/mol. The maximum atomic E-state index is 9.71. The summed E-state index contributed by atoms with van der Waals surface area (Å²) < 4.78 is 27.3. The van der Waals surface area contributed by atoms with Gasteiger partial charge in [-0.05, 0) is 0 Å². The Bertz CT molecular complexity index is 130. The molecule has 8 heavy (non-hydrogen) atoms. The van der Waals surface area contributed by atoms with Crippen molar-refractivity contribution < 1.29 is 30.3 Å². The van der Waals surface area contributed by atoms with Crippen LogP contribution in [0.5, 0.6) is 0 Å². The van der Waals surface area contributed by atoms with Crippen molar-refractivity contribution in [2.45, 2.75) is 0 Å². The summed E-state index contributed by atoms with van der Waals surface area (Å²) in [7, 11) is -3.80. The summed E-state index contributed by atoms with van der Waals surface area (Å²) in [5.41, 5.74) is 4.78. The van der Waals surface area contributed by atoms with Gasteiger partial charge in [-0.3, -0.25) is 4.55 Å². The Labute approximate surface area is 58.9 Å². The Morgan fingerprint density at radius 3 is 1.88 bits per heavy atom. The van der Waals surface area contributed by atoms with E-state index in [0.717, 1.165) is 0 Å². The van der Waals surface area contributed by atoms with Crippen LogP contribution < -0.4 is 5.73 Å². The quantitative estimate of drug-likeness (QED) is 0.521. The topological polar surface area (TPSA) is 80.4 Å². The van der Waals surface area contributed by atoms with Crippen molar-refractivity contribution in [1.82, 2.24) is 0 Å². The van der Waals surface area contributed by atoms with Gasteiger partial charge in [-0.15, -0.1) is 0 Å². The Balaban J connectivity index is 0. The van der Waals surface area contributed by atoms with Crippen LogP contribution >= 0.6 is 0 Å². The molecule has 3 N–H and O–H groups in total. The number of hydrogen-bond donors (Lipinski definition) is 2. The first-order valence-electron chi connectivity index (χ1n) is 1.71. The van der Waals surface area contributed by atoms with E-state index >= 15 is 0 Å². The van der Waals surface area contributed by atoms with Gasteiger partial charge in [-0.1, -0.05) is 0 Å². The Morgan fingerprint density at radius 1 is 1.50 bits per heavy atom. The molecule has 0 spiro atoms. The van der Waals surface area contributed by atoms with Gasteiger partial charge in [0.25, 0.3) is 10.1 Å². The van der Waals surface area contributed by atoms with Crippen LogP contribution in [0.15, 0.2) is 0 Å². The summed E-state index contributed by atoms with van der Waals surface area (Å²) in [6.07, 6.45) is 0. The van der Waals surface area contributed by atoms with E-state index < -0.39 is 10.1 Å². The molecule has 0 saturated heterocycles. The van der Waals surface area contributed by atoms with Gasteiger partial charge in [0.15, 0.2) is 0 Å². The summed E-state index contributed by atoms with van der Waals surface area (Å²) >= 11 is 0. The second-order valence-corrected chi connectivity index (χ2v) is 2.65. The molecule has 47 valence electrons. The summed E-state index contributed by atoms with van der Waals surface area (Å²) in [6, 6.07) is 0. The van der Waals surface area contributed by atoms with E-state index in [0.29, 0.717) is 0 Å². The van der Waals surface area contributed by atoms with Crippen molar-refractivity contribution in [3.05, 3.63) is 0 Å². The Hall–Kier alpha value is 0.402. The van der Waals surface area contributed by atoms with Crippen molar-refractivity contribution in [2.24, 2.45) is 5.73 Å². The van der Waals surface area contributed by atoms with Crippen LogP contribution in [0.1, 0.15) is 0 Å². The van der Waals surface area contributed by atoms with E-state index in [1.807, 2.05) is 0 Å². The van der Waals surface area contributed by atoms with Gasteiger partial charge in [0, 0.05) is 6.54 Å². The molecule has 0 heterocycles. The summed E-state index contributed by atoms with van der Waals surface area (Å²) in [5.74, 6) is -0.354. The molecular formula is C2H7CrNO3S+3. The minimum atomic E-state index is -3.80. The van der Waals surface area contributed by atoms with Crippen LogP contribution in [-0.2, 0) is 27.5 Å². The first kappa shape index (κ1) is 11.2. The van der Waals surface area contributed by atoms with Crippen LogP contribution in [0.2, 0.25) is 0 Å². The first-order valence-corrected chi connectivity index (χ1v) is 3.32. The van der Waals surface area contributed by atoms with Crippen molar-refractivity contribution >= 4 is 10.1 Å². The number of nitrogens with two attached hydrogens (primary N) is 1. The molecule has 0 bridgehead atoms. The first-order chi connectivity index (χ1) is 3.06. The maximum Gasteiger partial charge on any atom is 3.00 e. The maximum absolute atomic E-state index is 9.71. The smallest absolute Gasteiger partial charge is 0.329 e. The molecule has 0 aliphatic carbocycles. The molecule has 0 aliphatic rings. The molecule has 0 unspecified atom stereocenters. The minimum Gasteiger partial charge on any atom is -0.329 e. The fraction of sp³-hybridized carbons (Fsp3) is 1.00. The van der Waals surface area contributed by atoms with Gasteiger partial charge in [0.2, 0.25) is 0 Å². The third-order valence-corrected chi connectivity index (χ3v) is 1.13. The third-order valence-electron chi connectivity index (χ3n) is 0.376. The standard InChI is InChI=1S/C2H7NO3S.Cr/c3-1-2-7(4,5)6;/h1-3H2,(H,4,5,6);/q;+3. The van der Waals surface area contributed by atoms with Gasteiger partial charge in [0.1, 0.15) is 0 Å². The number of hydrogen-bond acceptors (Lipinski definition) is 3. The van der Waals surface area contributed by atoms with Gasteiger partial charge >= 0.3 is 17.4 Å². The van der Waals surface area contributed by atoms with E-state index in [2.05, 4.69) is 0 Å². The summed E-state index contributed by atoms with van der Waals surface area (Å²) in [4.78, 5) is 0. The van der Waals surface area contributed by atoms with Crippen LogP contribution in [0.3, 0.4) is 0 Å². The zero-order chi connectivity index (χ0) is 5.91. The van der Waals surface area contributed by atoms with Crippen LogP contribution in [-0.4, -0.2) is 25.3 Å². The fourth-order valence-electron chi connectivity index (χ4n) is 0.149. The molecule has 0 amide bonds. The van der Waals surface area contributed by atoms with E-state index in [9.17, 15) is 8.42 Å². The zero-order valence-electron chi connectivity index (χ0n) is 4.07. The third kappa shape index (κ3) is 9.64. The predicted octanol–water partition coefficient (Wildman–Crippen LogP) is -1.17. The van der Waals surface area contributed by atoms with E-state index in [1.165, 1.54) is 0 Å². The second-order valence-electron chi connectivity index (χ2n) is 1.07. The zero-order valence-corrected chi connectivity index (χ0v) is 6.16. The van der Waals surface area contributed by atoms with E-state index in [4.69, 9.17) is 10.3 Å². The van der Waals surface area contributed by atoms with Crippen LogP contribution in [0, 0.1) is 0 Å². The van der Waals surface area contributed by atoms with Gasteiger partial charge in [-0.2, -0.15) is 8.42 Å². The average Bonchev–Trinajstić information content (AvgIpc) is 1.30. The molecule has 6 heteroatoms. The van der Waals surface area contributed by atoms with Gasteiger partial charge in [-0.25, -0.2) is 0 Å². The van der Waals surface area contributed by atoms with Crippen LogP contribution in [0.25, 0.3) is 0 Å². The number of rotatable bonds is 2. The second kappa shape index (κ2) is 4.30. The van der Waals surface area contributed by atoms with Crippen LogP contribution in [0.4, 0.5) is 0 Å². The van der Waals surface area contributed by atoms with Crippen molar-refractivity contribution in [1.29, 1.82) is 0 Å². The molecule has 0 aromatic rings. The molecule has 1 radical (unpaired) electrons. The van der Waals surface area contributed by atoms with Gasteiger partial charge in [0.05, 0.1) is 5.75 Å². The van der Waals surface area contributed by atoms with Crippen molar-refractivity contribution in [3.8, 4) is 0 Å². The van der Waals surface area contributed by atoms with Crippen molar-refractivity contribution in [3.63, 3.8) is 0 Å².